The summed E-state index contributed by atoms with van der Waals surface area (Å²) in [7, 11) is 0. The van der Waals surface area contributed by atoms with E-state index < -0.39 is 5.97 Å². The molecule has 5 nitrogen and oxygen atoms in total. The Morgan fingerprint density at radius 1 is 1.14 bits per heavy atom. The number of aryl methyl sites for hydroxylation is 3. The van der Waals surface area contributed by atoms with Gasteiger partial charge in [-0.05, 0) is 50.1 Å². The second-order valence-corrected chi connectivity index (χ2v) is 4.81. The Morgan fingerprint density at radius 3 is 2.52 bits per heavy atom. The molecule has 0 unspecified atom stereocenters. The van der Waals surface area contributed by atoms with Crippen LogP contribution in [-0.4, -0.2) is 18.5 Å². The van der Waals surface area contributed by atoms with E-state index in [9.17, 15) is 9.59 Å². The molecule has 0 atom stereocenters. The van der Waals surface area contributed by atoms with Gasteiger partial charge in [-0.2, -0.15) is 0 Å². The van der Waals surface area contributed by atoms with Crippen molar-refractivity contribution >= 4 is 17.6 Å². The fraction of sp³-hybridized carbons (Fsp3) is 0.250. The first-order chi connectivity index (χ1) is 9.97. The lowest BCUT2D eigenvalue weighted by Gasteiger charge is -2.08. The van der Waals surface area contributed by atoms with Crippen LogP contribution in [0.5, 0.6) is 0 Å². The number of ether oxygens (including phenoxy) is 1. The van der Waals surface area contributed by atoms with Crippen molar-refractivity contribution in [3.63, 3.8) is 0 Å². The fourth-order valence-electron chi connectivity index (χ4n) is 1.82. The van der Waals surface area contributed by atoms with Gasteiger partial charge >= 0.3 is 5.97 Å². The van der Waals surface area contributed by atoms with Gasteiger partial charge in [0.25, 0.3) is 5.91 Å². The highest BCUT2D eigenvalue weighted by Gasteiger charge is 2.14. The normalized spacial score (nSPS) is 10.2. The number of hydrogen-bond acceptors (Lipinski definition) is 4. The van der Waals surface area contributed by atoms with Gasteiger partial charge in [-0.25, -0.2) is 4.79 Å². The number of rotatable bonds is 4. The molecule has 1 N–H and O–H groups in total. The molecule has 110 valence electrons. The molecule has 2 rings (SSSR count). The fourth-order valence-corrected chi connectivity index (χ4v) is 1.82. The zero-order valence-electron chi connectivity index (χ0n) is 12.2. The van der Waals surface area contributed by atoms with Crippen molar-refractivity contribution in [2.75, 3.05) is 11.9 Å². The van der Waals surface area contributed by atoms with Crippen LogP contribution in [0.2, 0.25) is 0 Å². The standard InChI is InChI=1S/C16H17NO4/c1-10-4-5-13(8-11(10)2)17-15(18)9-21-16(19)14-6-7-20-12(14)3/h4-8H,9H2,1-3H3,(H,17,18). The number of carbonyl (C=O) groups is 2. The first kappa shape index (κ1) is 14.8. The number of carbonyl (C=O) groups excluding carboxylic acids is 2. The number of anilines is 1. The molecular formula is C16H17NO4. The van der Waals surface area contributed by atoms with Crippen LogP contribution in [-0.2, 0) is 9.53 Å². The van der Waals surface area contributed by atoms with E-state index in [1.54, 1.807) is 6.92 Å². The second-order valence-electron chi connectivity index (χ2n) is 4.81. The van der Waals surface area contributed by atoms with E-state index >= 15 is 0 Å². The predicted molar refractivity (Wildman–Crippen MR) is 78.3 cm³/mol. The molecule has 1 aromatic carbocycles. The highest BCUT2D eigenvalue weighted by atomic mass is 16.5. The molecule has 0 aliphatic rings. The Labute approximate surface area is 122 Å². The minimum absolute atomic E-state index is 0.328. The smallest absolute Gasteiger partial charge is 0.342 e. The second kappa shape index (κ2) is 6.26. The van der Waals surface area contributed by atoms with E-state index in [1.807, 2.05) is 32.0 Å². The molecule has 0 aliphatic carbocycles. The summed E-state index contributed by atoms with van der Waals surface area (Å²) in [6.07, 6.45) is 1.40. The van der Waals surface area contributed by atoms with Gasteiger partial charge in [0.1, 0.15) is 11.3 Å². The quantitative estimate of drug-likeness (QED) is 0.878. The van der Waals surface area contributed by atoms with Gasteiger partial charge in [0.15, 0.2) is 6.61 Å². The van der Waals surface area contributed by atoms with Crippen molar-refractivity contribution in [3.05, 3.63) is 53.0 Å². The van der Waals surface area contributed by atoms with Crippen LogP contribution in [0.25, 0.3) is 0 Å². The number of amides is 1. The summed E-state index contributed by atoms with van der Waals surface area (Å²) >= 11 is 0. The first-order valence-electron chi connectivity index (χ1n) is 6.55. The summed E-state index contributed by atoms with van der Waals surface area (Å²) in [6, 6.07) is 7.11. The summed E-state index contributed by atoms with van der Waals surface area (Å²) in [5.41, 5.74) is 3.24. The van der Waals surface area contributed by atoms with Gasteiger partial charge in [-0.1, -0.05) is 6.07 Å². The number of furan rings is 1. The van der Waals surface area contributed by atoms with Crippen molar-refractivity contribution < 1.29 is 18.7 Å². The summed E-state index contributed by atoms with van der Waals surface area (Å²) in [5.74, 6) is -0.487. The molecule has 0 radical (unpaired) electrons. The first-order valence-corrected chi connectivity index (χ1v) is 6.55. The largest absolute Gasteiger partial charge is 0.469 e. The van der Waals surface area contributed by atoms with Crippen LogP contribution in [0.3, 0.4) is 0 Å². The van der Waals surface area contributed by atoms with Gasteiger partial charge in [-0.3, -0.25) is 4.79 Å². The summed E-state index contributed by atoms with van der Waals surface area (Å²) in [6.45, 7) is 5.28. The van der Waals surface area contributed by atoms with Crippen LogP contribution in [0.15, 0.2) is 34.9 Å². The molecule has 5 heteroatoms. The maximum absolute atomic E-state index is 11.8. The van der Waals surface area contributed by atoms with Crippen molar-refractivity contribution in [2.24, 2.45) is 0 Å². The molecular weight excluding hydrogens is 270 g/mol. The number of benzene rings is 1. The molecule has 0 spiro atoms. The molecule has 0 aliphatic heterocycles. The van der Waals surface area contributed by atoms with Gasteiger partial charge < -0.3 is 14.5 Å². The Kier molecular flexibility index (Phi) is 4.42. The lowest BCUT2D eigenvalue weighted by atomic mass is 10.1. The number of hydrogen-bond donors (Lipinski definition) is 1. The molecule has 0 fully saturated rings. The van der Waals surface area contributed by atoms with E-state index in [0.717, 1.165) is 11.1 Å². The van der Waals surface area contributed by atoms with Crippen molar-refractivity contribution in [1.29, 1.82) is 0 Å². The zero-order valence-corrected chi connectivity index (χ0v) is 12.2. The third kappa shape index (κ3) is 3.72. The monoisotopic (exact) mass is 287 g/mol. The van der Waals surface area contributed by atoms with E-state index in [2.05, 4.69) is 5.32 Å². The van der Waals surface area contributed by atoms with Gasteiger partial charge in [-0.15, -0.1) is 0 Å². The molecule has 21 heavy (non-hydrogen) atoms. The number of nitrogens with one attached hydrogen (secondary N) is 1. The maximum atomic E-state index is 11.8. The average Bonchev–Trinajstić information content (AvgIpc) is 2.86. The lowest BCUT2D eigenvalue weighted by molar-refractivity contribution is -0.119. The molecule has 2 aromatic rings. The van der Waals surface area contributed by atoms with E-state index in [0.29, 0.717) is 17.0 Å². The molecule has 1 aromatic heterocycles. The van der Waals surface area contributed by atoms with Crippen molar-refractivity contribution in [1.82, 2.24) is 0 Å². The summed E-state index contributed by atoms with van der Waals surface area (Å²) in [4.78, 5) is 23.5. The third-order valence-electron chi connectivity index (χ3n) is 3.20. The van der Waals surface area contributed by atoms with Crippen LogP contribution in [0, 0.1) is 20.8 Å². The molecule has 1 amide bonds. The average molecular weight is 287 g/mol. The maximum Gasteiger partial charge on any atom is 0.342 e. The molecule has 0 saturated heterocycles. The van der Waals surface area contributed by atoms with Crippen LogP contribution < -0.4 is 5.32 Å². The summed E-state index contributed by atoms with van der Waals surface area (Å²) in [5, 5.41) is 2.69. The minimum atomic E-state index is -0.573. The van der Waals surface area contributed by atoms with Gasteiger partial charge in [0, 0.05) is 5.69 Å². The predicted octanol–water partition coefficient (Wildman–Crippen LogP) is 3.00. The Balaban J connectivity index is 1.89. The molecule has 1 heterocycles. The van der Waals surface area contributed by atoms with Gasteiger partial charge in [0.2, 0.25) is 0 Å². The molecule has 0 bridgehead atoms. The van der Waals surface area contributed by atoms with Gasteiger partial charge in [0.05, 0.1) is 6.26 Å². The Morgan fingerprint density at radius 2 is 1.90 bits per heavy atom. The van der Waals surface area contributed by atoms with Crippen LogP contribution in [0.1, 0.15) is 27.2 Å². The Hall–Kier alpha value is -2.56. The topological polar surface area (TPSA) is 68.5 Å². The van der Waals surface area contributed by atoms with Crippen LogP contribution in [0.4, 0.5) is 5.69 Å². The minimum Gasteiger partial charge on any atom is -0.469 e. The lowest BCUT2D eigenvalue weighted by Crippen LogP contribution is -2.21. The SMILES string of the molecule is Cc1ccc(NC(=O)COC(=O)c2ccoc2C)cc1C. The Bertz CT molecular complexity index is 673. The number of esters is 1. The van der Waals surface area contributed by atoms with Crippen LogP contribution >= 0.6 is 0 Å². The van der Waals surface area contributed by atoms with E-state index in [-0.39, 0.29) is 12.5 Å². The zero-order chi connectivity index (χ0) is 15.4. The molecule has 0 saturated carbocycles. The van der Waals surface area contributed by atoms with Crippen molar-refractivity contribution in [3.8, 4) is 0 Å². The van der Waals surface area contributed by atoms with E-state index in [4.69, 9.17) is 9.15 Å². The highest BCUT2D eigenvalue weighted by molar-refractivity contribution is 5.95. The van der Waals surface area contributed by atoms with E-state index in [1.165, 1.54) is 12.3 Å². The third-order valence-corrected chi connectivity index (χ3v) is 3.20. The highest BCUT2D eigenvalue weighted by Crippen LogP contribution is 2.14. The summed E-state index contributed by atoms with van der Waals surface area (Å²) < 4.78 is 9.96. The van der Waals surface area contributed by atoms with Crippen molar-refractivity contribution in [2.45, 2.75) is 20.8 Å².